The van der Waals surface area contributed by atoms with Gasteiger partial charge in [-0.15, -0.1) is 0 Å². The number of sulfonamides is 1. The number of pyridine rings is 1. The molecule has 0 radical (unpaired) electrons. The Kier molecular flexibility index (Phi) is 7.58. The van der Waals surface area contributed by atoms with Crippen molar-refractivity contribution in [2.45, 2.75) is 50.3 Å². The Morgan fingerprint density at radius 3 is 2.68 bits per heavy atom. The SMILES string of the molecule is C[C@@H]1CN([C@H](C)CO)S(=O)(=O)c2ccc(C#CC3CC3)cc2O[C@@H]1CN(C)Cc1ccncc1. The van der Waals surface area contributed by atoms with Gasteiger partial charge in [0.2, 0.25) is 10.0 Å². The van der Waals surface area contributed by atoms with E-state index < -0.39 is 16.1 Å². The Labute approximate surface area is 202 Å². The molecule has 2 aromatic rings. The zero-order valence-corrected chi connectivity index (χ0v) is 20.8. The van der Waals surface area contributed by atoms with Crippen LogP contribution in [-0.4, -0.2) is 66.6 Å². The standard InChI is InChI=1S/C26H33N3O4S/c1-19-15-29(20(2)18-30)34(31,32)26-9-8-22(7-6-21-4-5-21)14-24(26)33-25(19)17-28(3)16-23-10-12-27-13-11-23/h8-14,19-21,25,30H,4-5,15-18H2,1-3H3/t19-,20-,25-/m1/s1. The van der Waals surface area contributed by atoms with E-state index >= 15 is 0 Å². The van der Waals surface area contributed by atoms with Gasteiger partial charge in [-0.2, -0.15) is 4.31 Å². The molecule has 1 N–H and O–H groups in total. The first-order valence-electron chi connectivity index (χ1n) is 11.8. The number of ether oxygens (including phenoxy) is 1. The normalized spacial score (nSPS) is 23.1. The van der Waals surface area contributed by atoms with E-state index in [-0.39, 0.29) is 30.1 Å². The first-order chi connectivity index (χ1) is 16.3. The van der Waals surface area contributed by atoms with Crippen molar-refractivity contribution < 1.29 is 18.3 Å². The number of hydrogen-bond acceptors (Lipinski definition) is 6. The number of aromatic nitrogens is 1. The Morgan fingerprint density at radius 1 is 1.26 bits per heavy atom. The Balaban J connectivity index is 1.66. The van der Waals surface area contributed by atoms with Crippen LogP contribution in [0.2, 0.25) is 0 Å². The summed E-state index contributed by atoms with van der Waals surface area (Å²) in [5, 5.41) is 9.79. The molecule has 2 heterocycles. The summed E-state index contributed by atoms with van der Waals surface area (Å²) in [5.74, 6) is 7.08. The average molecular weight is 484 g/mol. The fraction of sp³-hybridized carbons (Fsp3) is 0.500. The molecule has 0 saturated heterocycles. The molecule has 1 aliphatic heterocycles. The zero-order chi connectivity index (χ0) is 24.3. The van der Waals surface area contributed by atoms with Crippen LogP contribution in [0.4, 0.5) is 0 Å². The van der Waals surface area contributed by atoms with Gasteiger partial charge in [0.05, 0.1) is 6.61 Å². The monoisotopic (exact) mass is 483 g/mol. The lowest BCUT2D eigenvalue weighted by molar-refractivity contribution is 0.0733. The third kappa shape index (κ3) is 5.78. The summed E-state index contributed by atoms with van der Waals surface area (Å²) < 4.78 is 35.0. The van der Waals surface area contributed by atoms with Crippen LogP contribution in [0.25, 0.3) is 0 Å². The summed E-state index contributed by atoms with van der Waals surface area (Å²) in [6.07, 6.45) is 5.55. The van der Waals surface area contributed by atoms with E-state index in [0.717, 1.165) is 30.5 Å². The lowest BCUT2D eigenvalue weighted by atomic mass is 10.0. The average Bonchev–Trinajstić information content (AvgIpc) is 3.64. The van der Waals surface area contributed by atoms with Gasteiger partial charge in [-0.3, -0.25) is 9.88 Å². The van der Waals surface area contributed by atoms with Crippen molar-refractivity contribution in [2.24, 2.45) is 11.8 Å². The highest BCUT2D eigenvalue weighted by Gasteiger charge is 2.38. The van der Waals surface area contributed by atoms with Gasteiger partial charge >= 0.3 is 0 Å². The highest BCUT2D eigenvalue weighted by atomic mass is 32.2. The van der Waals surface area contributed by atoms with E-state index in [1.165, 1.54) is 4.31 Å². The number of likely N-dealkylation sites (N-methyl/N-ethyl adjacent to an activating group) is 1. The minimum absolute atomic E-state index is 0.0991. The highest BCUT2D eigenvalue weighted by molar-refractivity contribution is 7.89. The second-order valence-electron chi connectivity index (χ2n) is 9.50. The van der Waals surface area contributed by atoms with Crippen molar-refractivity contribution in [1.82, 2.24) is 14.2 Å². The summed E-state index contributed by atoms with van der Waals surface area (Å²) in [5.41, 5.74) is 1.90. The van der Waals surface area contributed by atoms with Crippen LogP contribution in [0.1, 0.15) is 37.8 Å². The van der Waals surface area contributed by atoms with Crippen molar-refractivity contribution in [3.63, 3.8) is 0 Å². The van der Waals surface area contributed by atoms with Gasteiger partial charge in [-0.25, -0.2) is 8.42 Å². The summed E-state index contributed by atoms with van der Waals surface area (Å²) in [7, 11) is -1.82. The third-order valence-corrected chi connectivity index (χ3v) is 8.38. The lowest BCUT2D eigenvalue weighted by Gasteiger charge is -2.37. The molecular formula is C26H33N3O4S. The number of rotatable bonds is 6. The molecule has 8 heteroatoms. The van der Waals surface area contributed by atoms with E-state index in [1.807, 2.05) is 26.1 Å². The highest BCUT2D eigenvalue weighted by Crippen LogP contribution is 2.34. The number of hydrogen-bond donors (Lipinski definition) is 1. The molecule has 4 rings (SSSR count). The maximum Gasteiger partial charge on any atom is 0.247 e. The van der Waals surface area contributed by atoms with Crippen molar-refractivity contribution in [3.8, 4) is 17.6 Å². The minimum atomic E-state index is -3.84. The van der Waals surface area contributed by atoms with Crippen LogP contribution < -0.4 is 4.74 Å². The van der Waals surface area contributed by atoms with Crippen molar-refractivity contribution in [2.75, 3.05) is 26.7 Å². The number of fused-ring (bicyclic) bond motifs is 1. The van der Waals surface area contributed by atoms with Gasteiger partial charge in [0, 0.05) is 55.5 Å². The summed E-state index contributed by atoms with van der Waals surface area (Å²) >= 11 is 0. The molecule has 34 heavy (non-hydrogen) atoms. The fourth-order valence-corrected chi connectivity index (χ4v) is 5.93. The van der Waals surface area contributed by atoms with Crippen molar-refractivity contribution in [3.05, 3.63) is 53.9 Å². The van der Waals surface area contributed by atoms with Crippen LogP contribution in [-0.2, 0) is 16.6 Å². The maximum absolute atomic E-state index is 13.6. The third-order valence-electron chi connectivity index (χ3n) is 6.36. The minimum Gasteiger partial charge on any atom is -0.487 e. The molecule has 2 aliphatic rings. The van der Waals surface area contributed by atoms with Gasteiger partial charge < -0.3 is 9.84 Å². The van der Waals surface area contributed by atoms with Crippen molar-refractivity contribution >= 4 is 10.0 Å². The van der Waals surface area contributed by atoms with E-state index in [4.69, 9.17) is 4.74 Å². The molecule has 0 amide bonds. The molecule has 0 unspecified atom stereocenters. The van der Waals surface area contributed by atoms with Crippen LogP contribution in [0.5, 0.6) is 5.75 Å². The molecule has 7 nitrogen and oxygen atoms in total. The lowest BCUT2D eigenvalue weighted by Crippen LogP contribution is -2.49. The molecule has 1 aromatic heterocycles. The van der Waals surface area contributed by atoms with Crippen molar-refractivity contribution in [1.29, 1.82) is 0 Å². The predicted octanol–water partition coefficient (Wildman–Crippen LogP) is 2.74. The van der Waals surface area contributed by atoms with E-state index in [1.54, 1.807) is 37.5 Å². The Morgan fingerprint density at radius 2 is 2.00 bits per heavy atom. The molecule has 0 spiro atoms. The fourth-order valence-electron chi connectivity index (χ4n) is 4.11. The van der Waals surface area contributed by atoms with Crippen LogP contribution in [0.15, 0.2) is 47.6 Å². The van der Waals surface area contributed by atoms with E-state index in [2.05, 4.69) is 21.7 Å². The first-order valence-corrected chi connectivity index (χ1v) is 13.2. The van der Waals surface area contributed by atoms with Crippen LogP contribution in [0.3, 0.4) is 0 Å². The molecule has 0 bridgehead atoms. The summed E-state index contributed by atoms with van der Waals surface area (Å²) in [6, 6.07) is 8.51. The summed E-state index contributed by atoms with van der Waals surface area (Å²) in [6.45, 7) is 5.08. The summed E-state index contributed by atoms with van der Waals surface area (Å²) in [4.78, 5) is 6.37. The van der Waals surface area contributed by atoms with Gasteiger partial charge in [0.15, 0.2) is 0 Å². The molecule has 1 fully saturated rings. The molecule has 3 atom stereocenters. The largest absolute Gasteiger partial charge is 0.487 e. The van der Waals surface area contributed by atoms with Gasteiger partial charge in [0.25, 0.3) is 0 Å². The zero-order valence-electron chi connectivity index (χ0n) is 20.0. The second-order valence-corrected chi connectivity index (χ2v) is 11.4. The molecule has 1 aromatic carbocycles. The number of benzene rings is 1. The molecule has 1 aliphatic carbocycles. The van der Waals surface area contributed by atoms with E-state index in [0.29, 0.717) is 18.2 Å². The number of aliphatic hydroxyl groups excluding tert-OH is 1. The van der Waals surface area contributed by atoms with Gasteiger partial charge in [-0.1, -0.05) is 18.8 Å². The smallest absolute Gasteiger partial charge is 0.247 e. The molecule has 182 valence electrons. The number of aliphatic hydroxyl groups is 1. The first kappa shape index (κ1) is 24.7. The second kappa shape index (κ2) is 10.4. The Hall–Kier alpha value is -2.44. The topological polar surface area (TPSA) is 83.0 Å². The van der Waals surface area contributed by atoms with E-state index in [9.17, 15) is 13.5 Å². The quantitative estimate of drug-likeness (QED) is 0.637. The van der Waals surface area contributed by atoms with Gasteiger partial charge in [0.1, 0.15) is 16.7 Å². The predicted molar refractivity (Wildman–Crippen MR) is 131 cm³/mol. The van der Waals surface area contributed by atoms with Gasteiger partial charge in [-0.05, 0) is 62.7 Å². The van der Waals surface area contributed by atoms with Crippen LogP contribution >= 0.6 is 0 Å². The maximum atomic E-state index is 13.6. The molecular weight excluding hydrogens is 450 g/mol. The molecule has 1 saturated carbocycles. The Bertz CT molecular complexity index is 1160. The van der Waals surface area contributed by atoms with Crippen LogP contribution in [0, 0.1) is 23.7 Å². The number of nitrogens with zero attached hydrogens (tertiary/aromatic N) is 3.